The number of hydrogen-bond donors (Lipinski definition) is 1. The fraction of sp³-hybridized carbons (Fsp3) is 0.632. The number of piperidine rings is 1. The van der Waals surface area contributed by atoms with Crippen LogP contribution in [0.4, 0.5) is 5.69 Å². The number of anilines is 1. The third-order valence-electron chi connectivity index (χ3n) is 5.54. The van der Waals surface area contributed by atoms with Gasteiger partial charge < -0.3 is 5.32 Å². The molecular formula is C19H28N2O5S2. The molecule has 0 radical (unpaired) electrons. The van der Waals surface area contributed by atoms with Crippen molar-refractivity contribution >= 4 is 31.3 Å². The second-order valence-corrected chi connectivity index (χ2v) is 12.7. The fourth-order valence-corrected chi connectivity index (χ4v) is 9.35. The van der Waals surface area contributed by atoms with Gasteiger partial charge in [0.05, 0.1) is 21.7 Å². The summed E-state index contributed by atoms with van der Waals surface area (Å²) in [4.78, 5) is 13.3. The molecule has 2 fully saturated rings. The second-order valence-electron chi connectivity index (χ2n) is 8.33. The lowest BCUT2D eigenvalue weighted by molar-refractivity contribution is -0.114. The summed E-state index contributed by atoms with van der Waals surface area (Å²) in [5.41, 5.74) is 0.501. The van der Waals surface area contributed by atoms with E-state index in [1.165, 1.54) is 31.2 Å². The Kier molecular flexibility index (Phi) is 5.89. The molecule has 0 spiro atoms. The Bertz CT molecular complexity index is 931. The van der Waals surface area contributed by atoms with Gasteiger partial charge in [-0.2, -0.15) is 0 Å². The molecule has 2 saturated heterocycles. The van der Waals surface area contributed by atoms with Crippen molar-refractivity contribution in [1.29, 1.82) is 0 Å². The van der Waals surface area contributed by atoms with E-state index in [0.29, 0.717) is 17.5 Å². The Hall–Kier alpha value is -1.45. The quantitative estimate of drug-likeness (QED) is 0.781. The van der Waals surface area contributed by atoms with Crippen LogP contribution < -0.4 is 5.32 Å². The number of nitrogens with zero attached hydrogens (tertiary/aromatic N) is 1. The highest BCUT2D eigenvalue weighted by Gasteiger charge is 2.49. The molecule has 7 nitrogen and oxygen atoms in total. The molecule has 2 aliphatic rings. The van der Waals surface area contributed by atoms with E-state index in [9.17, 15) is 21.6 Å². The maximum atomic E-state index is 13.3. The maximum absolute atomic E-state index is 13.3. The number of rotatable bonds is 4. The van der Waals surface area contributed by atoms with Crippen LogP contribution in [0.3, 0.4) is 0 Å². The van der Waals surface area contributed by atoms with E-state index in [4.69, 9.17) is 0 Å². The molecule has 1 N–H and O–H groups in total. The summed E-state index contributed by atoms with van der Waals surface area (Å²) in [5, 5.41) is 1.63. The van der Waals surface area contributed by atoms with E-state index in [-0.39, 0.29) is 22.3 Å². The van der Waals surface area contributed by atoms with Crippen molar-refractivity contribution in [2.24, 2.45) is 11.8 Å². The first-order chi connectivity index (χ1) is 13.0. The van der Waals surface area contributed by atoms with Crippen molar-refractivity contribution in [2.45, 2.75) is 43.4 Å². The molecule has 1 aromatic carbocycles. The monoisotopic (exact) mass is 428 g/mol. The highest BCUT2D eigenvalue weighted by atomic mass is 32.2. The van der Waals surface area contributed by atoms with Crippen molar-refractivity contribution in [1.82, 2.24) is 4.90 Å². The van der Waals surface area contributed by atoms with Crippen LogP contribution in [0.15, 0.2) is 29.2 Å². The molecule has 2 heterocycles. The summed E-state index contributed by atoms with van der Waals surface area (Å²) in [6.45, 7) is 7.06. The lowest BCUT2D eigenvalue weighted by Gasteiger charge is -2.40. The first-order valence-corrected chi connectivity index (χ1v) is 12.9. The zero-order valence-corrected chi connectivity index (χ0v) is 18.1. The molecule has 0 bridgehead atoms. The highest BCUT2D eigenvalue weighted by Crippen LogP contribution is 2.33. The van der Waals surface area contributed by atoms with E-state index in [1.807, 2.05) is 0 Å². The molecule has 0 unspecified atom stereocenters. The summed E-state index contributed by atoms with van der Waals surface area (Å²) < 4.78 is 51.3. The van der Waals surface area contributed by atoms with Gasteiger partial charge in [-0.3, -0.25) is 9.69 Å². The lowest BCUT2D eigenvalue weighted by Crippen LogP contribution is -2.51. The van der Waals surface area contributed by atoms with Gasteiger partial charge in [0.1, 0.15) is 0 Å². The predicted molar refractivity (Wildman–Crippen MR) is 109 cm³/mol. The molecule has 156 valence electrons. The smallest absolute Gasteiger partial charge is 0.221 e. The zero-order chi connectivity index (χ0) is 20.7. The number of hydrogen-bond acceptors (Lipinski definition) is 6. The molecule has 1 amide bonds. The summed E-state index contributed by atoms with van der Waals surface area (Å²) in [7, 11) is -7.24. The summed E-state index contributed by atoms with van der Waals surface area (Å²) in [6.07, 6.45) is 1.07. The average molecular weight is 429 g/mol. The molecule has 0 saturated carbocycles. The number of carbonyl (C=O) groups excluding carboxylic acids is 1. The summed E-state index contributed by atoms with van der Waals surface area (Å²) in [5.74, 6) is 0.123. The Morgan fingerprint density at radius 2 is 1.64 bits per heavy atom. The predicted octanol–water partition coefficient (Wildman–Crippen LogP) is 1.56. The number of amides is 1. The Morgan fingerprint density at radius 3 is 2.18 bits per heavy atom. The van der Waals surface area contributed by atoms with Crippen LogP contribution in [-0.4, -0.2) is 63.5 Å². The minimum absolute atomic E-state index is 0.0896. The van der Waals surface area contributed by atoms with Gasteiger partial charge in [-0.05, 0) is 42.5 Å². The third kappa shape index (κ3) is 4.58. The van der Waals surface area contributed by atoms with Gasteiger partial charge in [-0.1, -0.05) is 13.8 Å². The minimum Gasteiger partial charge on any atom is -0.326 e. The van der Waals surface area contributed by atoms with Gasteiger partial charge in [0.25, 0.3) is 0 Å². The van der Waals surface area contributed by atoms with Crippen molar-refractivity contribution in [2.75, 3.05) is 29.9 Å². The third-order valence-corrected chi connectivity index (χ3v) is 9.67. The fourth-order valence-electron chi connectivity index (χ4n) is 4.52. The van der Waals surface area contributed by atoms with Crippen LogP contribution in [0.1, 0.15) is 27.2 Å². The van der Waals surface area contributed by atoms with Crippen LogP contribution in [0.2, 0.25) is 0 Å². The SMILES string of the molecule is CC(=O)Nc1ccc(S(=O)(=O)[C@@H]2CS(=O)(=O)C[C@H]2N2C[C@H](C)C[C@H](C)C2)cc1. The Morgan fingerprint density at radius 1 is 1.07 bits per heavy atom. The zero-order valence-electron chi connectivity index (χ0n) is 16.5. The Labute approximate surface area is 167 Å². The van der Waals surface area contributed by atoms with Crippen molar-refractivity contribution < 1.29 is 21.6 Å². The normalized spacial score (nSPS) is 30.8. The van der Waals surface area contributed by atoms with Gasteiger partial charge >= 0.3 is 0 Å². The van der Waals surface area contributed by atoms with Gasteiger partial charge in [0.15, 0.2) is 19.7 Å². The molecule has 1 aromatic rings. The van der Waals surface area contributed by atoms with Crippen LogP contribution >= 0.6 is 0 Å². The summed E-state index contributed by atoms with van der Waals surface area (Å²) >= 11 is 0. The van der Waals surface area contributed by atoms with Gasteiger partial charge in [-0.25, -0.2) is 16.8 Å². The van der Waals surface area contributed by atoms with Gasteiger partial charge in [0, 0.05) is 31.7 Å². The van der Waals surface area contributed by atoms with Crippen LogP contribution in [0, 0.1) is 11.8 Å². The van der Waals surface area contributed by atoms with Crippen molar-refractivity contribution in [3.05, 3.63) is 24.3 Å². The van der Waals surface area contributed by atoms with Crippen LogP contribution in [0.25, 0.3) is 0 Å². The van der Waals surface area contributed by atoms with E-state index >= 15 is 0 Å². The molecule has 4 atom stereocenters. The molecule has 0 aromatic heterocycles. The number of carbonyl (C=O) groups is 1. The molecule has 3 rings (SSSR count). The van der Waals surface area contributed by atoms with Crippen molar-refractivity contribution in [3.63, 3.8) is 0 Å². The van der Waals surface area contributed by atoms with Gasteiger partial charge in [-0.15, -0.1) is 0 Å². The standard InChI is InChI=1S/C19H28N2O5S2/c1-13-8-14(2)10-21(9-13)18-11-27(23,24)12-19(18)28(25,26)17-6-4-16(5-7-17)20-15(3)22/h4-7,13-14,18-19H,8-12H2,1-3H3,(H,20,22)/t13-,14+,18-,19-/m1/s1. The summed E-state index contributed by atoms with van der Waals surface area (Å²) in [6, 6.07) is 5.40. The number of likely N-dealkylation sites (tertiary alicyclic amines) is 1. The van der Waals surface area contributed by atoms with E-state index < -0.39 is 31.0 Å². The first-order valence-electron chi connectivity index (χ1n) is 9.54. The van der Waals surface area contributed by atoms with E-state index in [1.54, 1.807) is 0 Å². The highest BCUT2D eigenvalue weighted by molar-refractivity contribution is 7.96. The number of benzene rings is 1. The number of sulfone groups is 2. The largest absolute Gasteiger partial charge is 0.326 e. The van der Waals surface area contributed by atoms with E-state index in [0.717, 1.165) is 19.5 Å². The van der Waals surface area contributed by atoms with Crippen molar-refractivity contribution in [3.8, 4) is 0 Å². The number of nitrogens with one attached hydrogen (secondary N) is 1. The van der Waals surface area contributed by atoms with Crippen LogP contribution in [-0.2, 0) is 24.5 Å². The molecule has 0 aliphatic carbocycles. The molecule has 28 heavy (non-hydrogen) atoms. The first kappa shape index (κ1) is 21.3. The van der Waals surface area contributed by atoms with E-state index in [2.05, 4.69) is 24.1 Å². The molecule has 9 heteroatoms. The Balaban J connectivity index is 1.90. The topological polar surface area (TPSA) is 101 Å². The minimum atomic E-state index is -3.82. The maximum Gasteiger partial charge on any atom is 0.221 e. The van der Waals surface area contributed by atoms with Gasteiger partial charge in [0.2, 0.25) is 5.91 Å². The molecular weight excluding hydrogens is 400 g/mol. The van der Waals surface area contributed by atoms with Crippen LogP contribution in [0.5, 0.6) is 0 Å². The second kappa shape index (κ2) is 7.76. The average Bonchev–Trinajstić information content (AvgIpc) is 2.90. The lowest BCUT2D eigenvalue weighted by atomic mass is 9.91. The molecule has 2 aliphatic heterocycles.